The van der Waals surface area contributed by atoms with Crippen molar-refractivity contribution in [2.75, 3.05) is 6.54 Å². The molecule has 0 spiro atoms. The van der Waals surface area contributed by atoms with Gasteiger partial charge in [0.2, 0.25) is 11.8 Å². The molecule has 0 saturated carbocycles. The number of carbonyl (C=O) groups is 2. The van der Waals surface area contributed by atoms with Crippen molar-refractivity contribution >= 4 is 33.4 Å². The molecule has 1 aromatic heterocycles. The molecular formula is C38H36N4O2. The van der Waals surface area contributed by atoms with E-state index in [1.54, 1.807) is 12.5 Å². The van der Waals surface area contributed by atoms with E-state index in [2.05, 4.69) is 69.1 Å². The summed E-state index contributed by atoms with van der Waals surface area (Å²) in [5.41, 5.74) is 4.08. The summed E-state index contributed by atoms with van der Waals surface area (Å²) in [5.74, 6) is -0.763. The second kappa shape index (κ2) is 13.8. The number of aromatic nitrogens is 2. The first-order chi connectivity index (χ1) is 21.6. The average molecular weight is 581 g/mol. The fourth-order valence-electron chi connectivity index (χ4n) is 5.94. The molecule has 3 N–H and O–H groups in total. The van der Waals surface area contributed by atoms with Gasteiger partial charge in [0.05, 0.1) is 12.0 Å². The molecule has 0 aliphatic rings. The van der Waals surface area contributed by atoms with E-state index in [-0.39, 0.29) is 11.8 Å². The molecule has 44 heavy (non-hydrogen) atoms. The first-order valence-corrected chi connectivity index (χ1v) is 15.2. The van der Waals surface area contributed by atoms with Crippen LogP contribution in [0.4, 0.5) is 0 Å². The lowest BCUT2D eigenvalue weighted by Crippen LogP contribution is -2.50. The van der Waals surface area contributed by atoms with Crippen molar-refractivity contribution in [1.29, 1.82) is 0 Å². The predicted octanol–water partition coefficient (Wildman–Crippen LogP) is 6.20. The van der Waals surface area contributed by atoms with Gasteiger partial charge in [0.25, 0.3) is 0 Å². The van der Waals surface area contributed by atoms with Crippen molar-refractivity contribution in [3.05, 3.63) is 150 Å². The van der Waals surface area contributed by atoms with Gasteiger partial charge in [-0.3, -0.25) is 9.59 Å². The number of carbonyl (C=O) groups excluding carboxylic acids is 2. The zero-order valence-corrected chi connectivity index (χ0v) is 24.6. The largest absolute Gasteiger partial charge is 0.354 e. The van der Waals surface area contributed by atoms with Gasteiger partial charge in [-0.05, 0) is 57.5 Å². The molecule has 0 bridgehead atoms. The number of fused-ring (bicyclic) bond motifs is 2. The first-order valence-electron chi connectivity index (χ1n) is 15.2. The summed E-state index contributed by atoms with van der Waals surface area (Å²) in [4.78, 5) is 35.1. The van der Waals surface area contributed by atoms with Crippen LogP contribution in [0.3, 0.4) is 0 Å². The Bertz CT molecular complexity index is 1760. The lowest BCUT2D eigenvalue weighted by molar-refractivity contribution is -0.131. The van der Waals surface area contributed by atoms with Gasteiger partial charge in [-0.2, -0.15) is 0 Å². The molecule has 6 aromatic rings. The van der Waals surface area contributed by atoms with Gasteiger partial charge in [-0.25, -0.2) is 4.98 Å². The van der Waals surface area contributed by atoms with E-state index in [0.29, 0.717) is 37.9 Å². The Hall–Kier alpha value is -5.23. The third kappa shape index (κ3) is 7.04. The van der Waals surface area contributed by atoms with Crippen LogP contribution in [-0.2, 0) is 35.3 Å². The second-order valence-corrected chi connectivity index (χ2v) is 11.2. The molecule has 1 atom stereocenters. The number of amides is 2. The maximum absolute atomic E-state index is 14.2. The molecule has 6 nitrogen and oxygen atoms in total. The molecule has 0 saturated heterocycles. The van der Waals surface area contributed by atoms with E-state index in [4.69, 9.17) is 0 Å². The maximum atomic E-state index is 14.2. The van der Waals surface area contributed by atoms with Crippen molar-refractivity contribution in [3.8, 4) is 0 Å². The van der Waals surface area contributed by atoms with Crippen molar-refractivity contribution in [2.45, 2.75) is 31.7 Å². The monoisotopic (exact) mass is 580 g/mol. The number of hydrogen-bond acceptors (Lipinski definition) is 3. The van der Waals surface area contributed by atoms with Crippen LogP contribution in [0.25, 0.3) is 21.5 Å². The molecule has 2 amide bonds. The van der Waals surface area contributed by atoms with Crippen LogP contribution in [0.15, 0.2) is 128 Å². The molecule has 1 heterocycles. The molecular weight excluding hydrogens is 544 g/mol. The molecule has 0 aliphatic carbocycles. The van der Waals surface area contributed by atoms with Gasteiger partial charge in [0.15, 0.2) is 0 Å². The van der Waals surface area contributed by atoms with Crippen LogP contribution < -0.4 is 10.6 Å². The van der Waals surface area contributed by atoms with Gasteiger partial charge >= 0.3 is 0 Å². The number of benzene rings is 5. The second-order valence-electron chi connectivity index (χ2n) is 11.2. The topological polar surface area (TPSA) is 86.9 Å². The number of rotatable bonds is 12. The quantitative estimate of drug-likeness (QED) is 0.161. The number of aromatic amines is 1. The van der Waals surface area contributed by atoms with Crippen LogP contribution in [0.1, 0.15) is 22.4 Å². The highest BCUT2D eigenvalue weighted by Crippen LogP contribution is 2.26. The average Bonchev–Trinajstić information content (AvgIpc) is 3.58. The van der Waals surface area contributed by atoms with Crippen LogP contribution in [0.2, 0.25) is 0 Å². The van der Waals surface area contributed by atoms with Crippen molar-refractivity contribution in [1.82, 2.24) is 20.6 Å². The zero-order valence-electron chi connectivity index (χ0n) is 24.6. The molecule has 0 fully saturated rings. The van der Waals surface area contributed by atoms with Crippen LogP contribution in [0, 0.1) is 5.92 Å². The lowest BCUT2D eigenvalue weighted by atomic mass is 9.87. The highest BCUT2D eigenvalue weighted by Gasteiger charge is 2.27. The first kappa shape index (κ1) is 28.9. The fourth-order valence-corrected chi connectivity index (χ4v) is 5.94. The van der Waals surface area contributed by atoms with E-state index in [0.717, 1.165) is 38.2 Å². The summed E-state index contributed by atoms with van der Waals surface area (Å²) in [6, 6.07) is 38.3. The molecule has 220 valence electrons. The Morgan fingerprint density at radius 1 is 0.659 bits per heavy atom. The summed E-state index contributed by atoms with van der Waals surface area (Å²) < 4.78 is 0. The van der Waals surface area contributed by atoms with Crippen LogP contribution >= 0.6 is 0 Å². The molecule has 5 aromatic carbocycles. The van der Waals surface area contributed by atoms with Gasteiger partial charge in [0.1, 0.15) is 6.04 Å². The minimum absolute atomic E-state index is 0.149. The van der Waals surface area contributed by atoms with Gasteiger partial charge < -0.3 is 15.6 Å². The number of nitrogens with zero attached hydrogens (tertiary/aromatic N) is 1. The Morgan fingerprint density at radius 3 is 1.86 bits per heavy atom. The standard InChI is InChI=1S/C38H36N4O2/c43-37(42-36(24-33-25-39-26-41-33)38(44)40-21-20-27-10-2-1-3-11-27)32(22-30-16-8-14-28-12-4-6-18-34(28)30)23-31-17-9-15-29-13-5-7-19-35(29)31/h1-19,25-26,32,36H,20-24H2,(H,39,41)(H,40,44)(H,42,43)/t36-/m0/s1. The van der Waals surface area contributed by atoms with Crippen molar-refractivity contribution in [3.63, 3.8) is 0 Å². The van der Waals surface area contributed by atoms with E-state index in [9.17, 15) is 9.59 Å². The zero-order chi connectivity index (χ0) is 30.1. The predicted molar refractivity (Wildman–Crippen MR) is 176 cm³/mol. The number of H-pyrrole nitrogens is 1. The molecule has 0 unspecified atom stereocenters. The minimum atomic E-state index is -0.760. The maximum Gasteiger partial charge on any atom is 0.242 e. The fraction of sp³-hybridized carbons (Fsp3) is 0.184. The van der Waals surface area contributed by atoms with Crippen molar-refractivity contribution in [2.24, 2.45) is 5.92 Å². The van der Waals surface area contributed by atoms with E-state index in [1.807, 2.05) is 66.7 Å². The lowest BCUT2D eigenvalue weighted by Gasteiger charge is -2.23. The summed E-state index contributed by atoms with van der Waals surface area (Å²) in [7, 11) is 0. The van der Waals surface area contributed by atoms with Gasteiger partial charge in [-0.1, -0.05) is 115 Å². The van der Waals surface area contributed by atoms with E-state index in [1.165, 1.54) is 0 Å². The van der Waals surface area contributed by atoms with Gasteiger partial charge in [-0.15, -0.1) is 0 Å². The van der Waals surface area contributed by atoms with E-state index < -0.39 is 12.0 Å². The number of hydrogen-bond donors (Lipinski definition) is 3. The number of imidazole rings is 1. The summed E-state index contributed by atoms with van der Waals surface area (Å²) in [5, 5.41) is 10.7. The third-order valence-electron chi connectivity index (χ3n) is 8.22. The minimum Gasteiger partial charge on any atom is -0.354 e. The van der Waals surface area contributed by atoms with Crippen LogP contribution in [-0.4, -0.2) is 34.4 Å². The smallest absolute Gasteiger partial charge is 0.242 e. The van der Waals surface area contributed by atoms with E-state index >= 15 is 0 Å². The molecule has 6 heteroatoms. The molecule has 0 aliphatic heterocycles. The highest BCUT2D eigenvalue weighted by molar-refractivity contribution is 5.91. The Kier molecular flexibility index (Phi) is 9.07. The summed E-state index contributed by atoms with van der Waals surface area (Å²) >= 11 is 0. The SMILES string of the molecule is O=C(N[C@@H](Cc1c[nH]cn1)C(=O)NCCc1ccccc1)C(Cc1cccc2ccccc12)Cc1cccc2ccccc12. The Balaban J connectivity index is 1.27. The summed E-state index contributed by atoms with van der Waals surface area (Å²) in [6.45, 7) is 0.477. The molecule has 6 rings (SSSR count). The Morgan fingerprint density at radius 2 is 1.25 bits per heavy atom. The van der Waals surface area contributed by atoms with Crippen molar-refractivity contribution < 1.29 is 9.59 Å². The van der Waals surface area contributed by atoms with Crippen LogP contribution in [0.5, 0.6) is 0 Å². The molecule has 0 radical (unpaired) electrons. The summed E-state index contributed by atoms with van der Waals surface area (Å²) in [6.07, 6.45) is 5.44. The van der Waals surface area contributed by atoms with Gasteiger partial charge in [0, 0.05) is 25.1 Å². The third-order valence-corrected chi connectivity index (χ3v) is 8.22. The highest BCUT2D eigenvalue weighted by atomic mass is 16.2. The normalized spacial score (nSPS) is 11.9. The number of nitrogens with one attached hydrogen (secondary N) is 3. The Labute approximate surface area is 257 Å².